The Bertz CT molecular complexity index is 470. The Hall–Kier alpha value is -1.76. The summed E-state index contributed by atoms with van der Waals surface area (Å²) in [5.41, 5.74) is 11.3. The van der Waals surface area contributed by atoms with Gasteiger partial charge in [0, 0.05) is 0 Å². The minimum Gasteiger partial charge on any atom is -0.382 e. The first-order valence-corrected chi connectivity index (χ1v) is 3.63. The van der Waals surface area contributed by atoms with Crippen molar-refractivity contribution in [3.8, 4) is 0 Å². The molecule has 0 bridgehead atoms. The van der Waals surface area contributed by atoms with Crippen LogP contribution in [0.2, 0.25) is 5.28 Å². The van der Waals surface area contributed by atoms with E-state index in [4.69, 9.17) is 23.1 Å². The summed E-state index contributed by atoms with van der Waals surface area (Å²) in [4.78, 5) is 11.3. The molecule has 66 valence electrons. The quantitative estimate of drug-likeness (QED) is 0.554. The smallest absolute Gasteiger partial charge is 0.240 e. The molecular formula is C5H4ClN7. The van der Waals surface area contributed by atoms with Gasteiger partial charge >= 0.3 is 0 Å². The predicted octanol–water partition coefficient (Wildman–Crippen LogP) is -0.367. The van der Waals surface area contributed by atoms with E-state index in [0.29, 0.717) is 5.52 Å². The molecule has 13 heavy (non-hydrogen) atoms. The highest BCUT2D eigenvalue weighted by Gasteiger charge is 2.06. The van der Waals surface area contributed by atoms with Crippen molar-refractivity contribution < 1.29 is 0 Å². The van der Waals surface area contributed by atoms with E-state index in [1.54, 1.807) is 0 Å². The van der Waals surface area contributed by atoms with E-state index in [2.05, 4.69) is 25.1 Å². The van der Waals surface area contributed by atoms with Crippen molar-refractivity contribution in [2.24, 2.45) is 0 Å². The third-order valence-corrected chi connectivity index (χ3v) is 1.51. The van der Waals surface area contributed by atoms with Crippen LogP contribution < -0.4 is 11.5 Å². The van der Waals surface area contributed by atoms with E-state index < -0.39 is 0 Å². The largest absolute Gasteiger partial charge is 0.382 e. The summed E-state index contributed by atoms with van der Waals surface area (Å²) in [5.74, 6) is 0.154. The molecule has 2 aromatic heterocycles. The van der Waals surface area contributed by atoms with Gasteiger partial charge in [0.15, 0.2) is 11.3 Å². The minimum atomic E-state index is 0.00544. The van der Waals surface area contributed by atoms with Gasteiger partial charge in [-0.25, -0.2) is 4.98 Å². The number of nitrogens with zero attached hydrogens (tertiary/aromatic N) is 5. The molecule has 2 aromatic rings. The van der Waals surface area contributed by atoms with E-state index in [9.17, 15) is 0 Å². The van der Waals surface area contributed by atoms with Gasteiger partial charge in [0.05, 0.1) is 0 Å². The standard InChI is InChI=1S/C5H4ClN7/c6-4-10-2(7)1-3(11-4)12-13-5(8)9-1/h(H2,8,9,13)(H2,7,10,11,12). The first-order valence-electron chi connectivity index (χ1n) is 3.26. The molecule has 0 aromatic carbocycles. The fourth-order valence-corrected chi connectivity index (χ4v) is 1.02. The Kier molecular flexibility index (Phi) is 1.59. The van der Waals surface area contributed by atoms with Gasteiger partial charge in [-0.1, -0.05) is 0 Å². The van der Waals surface area contributed by atoms with Crippen molar-refractivity contribution in [1.82, 2.24) is 25.1 Å². The Morgan fingerprint density at radius 2 is 1.77 bits per heavy atom. The molecule has 0 saturated carbocycles. The summed E-state index contributed by atoms with van der Waals surface area (Å²) in [5, 5.41) is 7.16. The number of hydrogen-bond acceptors (Lipinski definition) is 7. The van der Waals surface area contributed by atoms with Gasteiger partial charge < -0.3 is 11.5 Å². The van der Waals surface area contributed by atoms with Crippen LogP contribution in [0.15, 0.2) is 0 Å². The fourth-order valence-electron chi connectivity index (χ4n) is 0.845. The molecule has 0 aliphatic heterocycles. The van der Waals surface area contributed by atoms with Crippen molar-refractivity contribution in [2.45, 2.75) is 0 Å². The zero-order valence-corrected chi connectivity index (χ0v) is 7.02. The number of fused-ring (bicyclic) bond motifs is 1. The second kappa shape index (κ2) is 2.63. The zero-order chi connectivity index (χ0) is 9.42. The lowest BCUT2D eigenvalue weighted by Crippen LogP contribution is -2.03. The van der Waals surface area contributed by atoms with Crippen LogP contribution >= 0.6 is 11.6 Å². The van der Waals surface area contributed by atoms with Crippen LogP contribution in [-0.4, -0.2) is 25.1 Å². The Labute approximate surface area is 77.2 Å². The van der Waals surface area contributed by atoms with Gasteiger partial charge in [-0.3, -0.25) is 0 Å². The summed E-state index contributed by atoms with van der Waals surface area (Å²) in [6.07, 6.45) is 0. The molecule has 0 atom stereocenters. The maximum atomic E-state index is 5.53. The molecule has 0 fully saturated rings. The topological polar surface area (TPSA) is 116 Å². The second-order valence-electron chi connectivity index (χ2n) is 2.22. The van der Waals surface area contributed by atoms with E-state index >= 15 is 0 Å². The molecule has 0 aliphatic carbocycles. The lowest BCUT2D eigenvalue weighted by atomic mass is 10.5. The lowest BCUT2D eigenvalue weighted by molar-refractivity contribution is 1.01. The monoisotopic (exact) mass is 197 g/mol. The van der Waals surface area contributed by atoms with Crippen LogP contribution in [0, 0.1) is 0 Å². The zero-order valence-electron chi connectivity index (χ0n) is 6.27. The highest BCUT2D eigenvalue weighted by atomic mass is 35.5. The summed E-state index contributed by atoms with van der Waals surface area (Å²) in [6, 6.07) is 0. The average molecular weight is 198 g/mol. The van der Waals surface area contributed by atoms with Gasteiger partial charge in [0.1, 0.15) is 0 Å². The number of anilines is 2. The first-order chi connectivity index (χ1) is 6.16. The summed E-state index contributed by atoms with van der Waals surface area (Å²) >= 11 is 5.53. The lowest BCUT2D eigenvalue weighted by Gasteiger charge is -1.98. The van der Waals surface area contributed by atoms with E-state index in [-0.39, 0.29) is 22.7 Å². The van der Waals surface area contributed by atoms with Crippen molar-refractivity contribution in [1.29, 1.82) is 0 Å². The summed E-state index contributed by atoms with van der Waals surface area (Å²) in [6.45, 7) is 0. The van der Waals surface area contributed by atoms with Crippen molar-refractivity contribution >= 4 is 34.5 Å². The number of nitrogen functional groups attached to an aromatic ring is 2. The third kappa shape index (κ3) is 1.29. The number of halogens is 1. The molecule has 0 saturated heterocycles. The normalized spacial score (nSPS) is 10.5. The van der Waals surface area contributed by atoms with Gasteiger partial charge in [0.25, 0.3) is 0 Å². The summed E-state index contributed by atoms with van der Waals surface area (Å²) in [7, 11) is 0. The molecular weight excluding hydrogens is 194 g/mol. The molecule has 2 rings (SSSR count). The molecule has 7 nitrogen and oxygen atoms in total. The fraction of sp³-hybridized carbons (Fsp3) is 0. The maximum Gasteiger partial charge on any atom is 0.240 e. The van der Waals surface area contributed by atoms with Gasteiger partial charge in [-0.2, -0.15) is 9.97 Å². The minimum absolute atomic E-state index is 0.00544. The van der Waals surface area contributed by atoms with Crippen molar-refractivity contribution in [3.05, 3.63) is 5.28 Å². The highest BCUT2D eigenvalue weighted by Crippen LogP contribution is 2.14. The predicted molar refractivity (Wildman–Crippen MR) is 46.8 cm³/mol. The second-order valence-corrected chi connectivity index (χ2v) is 2.56. The van der Waals surface area contributed by atoms with Crippen LogP contribution in [0.1, 0.15) is 0 Å². The molecule has 0 aliphatic rings. The van der Waals surface area contributed by atoms with E-state index in [0.717, 1.165) is 0 Å². The Morgan fingerprint density at radius 3 is 2.54 bits per heavy atom. The molecule has 0 radical (unpaired) electrons. The highest BCUT2D eigenvalue weighted by molar-refractivity contribution is 6.28. The molecule has 4 N–H and O–H groups in total. The van der Waals surface area contributed by atoms with Gasteiger partial charge in [-0.05, 0) is 11.6 Å². The van der Waals surface area contributed by atoms with Gasteiger partial charge in [0.2, 0.25) is 16.9 Å². The molecule has 2 heterocycles. The van der Waals surface area contributed by atoms with Crippen LogP contribution in [0.4, 0.5) is 11.8 Å². The molecule has 8 heteroatoms. The third-order valence-electron chi connectivity index (χ3n) is 1.34. The van der Waals surface area contributed by atoms with Crippen molar-refractivity contribution in [3.63, 3.8) is 0 Å². The maximum absolute atomic E-state index is 5.53. The average Bonchev–Trinajstić information content (AvgIpc) is 2.06. The van der Waals surface area contributed by atoms with E-state index in [1.165, 1.54) is 0 Å². The van der Waals surface area contributed by atoms with Crippen LogP contribution in [0.25, 0.3) is 11.2 Å². The summed E-state index contributed by atoms with van der Waals surface area (Å²) < 4.78 is 0. The Balaban J connectivity index is 2.87. The number of hydrogen-bond donors (Lipinski definition) is 2. The Morgan fingerprint density at radius 1 is 1.00 bits per heavy atom. The van der Waals surface area contributed by atoms with Crippen LogP contribution in [0.3, 0.4) is 0 Å². The SMILES string of the molecule is Nc1nnc2nc(Cl)nc(N)c2n1. The molecule has 0 spiro atoms. The molecule has 0 unspecified atom stereocenters. The molecule has 0 amide bonds. The van der Waals surface area contributed by atoms with Crippen molar-refractivity contribution in [2.75, 3.05) is 11.5 Å². The number of rotatable bonds is 0. The van der Waals surface area contributed by atoms with E-state index in [1.807, 2.05) is 0 Å². The first kappa shape index (κ1) is 7.87. The van der Waals surface area contributed by atoms with Crippen LogP contribution in [-0.2, 0) is 0 Å². The number of nitrogens with two attached hydrogens (primary N) is 2. The number of aromatic nitrogens is 5. The van der Waals surface area contributed by atoms with Gasteiger partial charge in [-0.15, -0.1) is 10.2 Å². The van der Waals surface area contributed by atoms with Crippen LogP contribution in [0.5, 0.6) is 0 Å².